The summed E-state index contributed by atoms with van der Waals surface area (Å²) in [6.07, 6.45) is -0.140. The van der Waals surface area contributed by atoms with Gasteiger partial charge in [0.05, 0.1) is 12.0 Å². The van der Waals surface area contributed by atoms with Gasteiger partial charge in [-0.2, -0.15) is 0 Å². The molecule has 0 saturated carbocycles. The van der Waals surface area contributed by atoms with Crippen LogP contribution in [0.25, 0.3) is 0 Å². The maximum absolute atomic E-state index is 14.1. The topological polar surface area (TPSA) is 41.6 Å². The van der Waals surface area contributed by atoms with Crippen molar-refractivity contribution in [1.82, 2.24) is 10.2 Å². The Balaban J connectivity index is 1.55. The number of piperidine rings is 1. The summed E-state index contributed by atoms with van der Waals surface area (Å²) >= 11 is 0. The predicted octanol–water partition coefficient (Wildman–Crippen LogP) is 2.64. The number of likely N-dealkylation sites (tertiary alicyclic amines) is 1. The first-order chi connectivity index (χ1) is 10.4. The number of amides is 1. The first kappa shape index (κ1) is 15.2. The Kier molecular flexibility index (Phi) is 3.80. The zero-order valence-electron chi connectivity index (χ0n) is 12.5. The van der Waals surface area contributed by atoms with Gasteiger partial charge in [-0.05, 0) is 18.9 Å². The summed E-state index contributed by atoms with van der Waals surface area (Å²) in [5.74, 6) is -2.78. The molecule has 1 amide bonds. The maximum Gasteiger partial charge on any atom is 0.410 e. The molecule has 2 aliphatic rings. The first-order valence-electron chi connectivity index (χ1n) is 7.49. The van der Waals surface area contributed by atoms with E-state index in [1.807, 2.05) is 37.3 Å². The van der Waals surface area contributed by atoms with E-state index in [-0.39, 0.29) is 32.3 Å². The molecule has 2 saturated heterocycles. The van der Waals surface area contributed by atoms with Crippen molar-refractivity contribution in [3.63, 3.8) is 0 Å². The van der Waals surface area contributed by atoms with Crippen molar-refractivity contribution in [2.24, 2.45) is 5.41 Å². The number of ether oxygens (including phenoxy) is 1. The summed E-state index contributed by atoms with van der Waals surface area (Å²) < 4.78 is 33.4. The lowest BCUT2D eigenvalue weighted by atomic mass is 9.68. The largest absolute Gasteiger partial charge is 0.445 e. The summed E-state index contributed by atoms with van der Waals surface area (Å²) in [5.41, 5.74) is -0.212. The van der Waals surface area contributed by atoms with Crippen LogP contribution in [-0.2, 0) is 11.3 Å². The van der Waals surface area contributed by atoms with Crippen LogP contribution >= 0.6 is 0 Å². The quantitative estimate of drug-likeness (QED) is 0.913. The van der Waals surface area contributed by atoms with Gasteiger partial charge in [0.25, 0.3) is 5.92 Å². The lowest BCUT2D eigenvalue weighted by Gasteiger charge is -2.56. The fourth-order valence-corrected chi connectivity index (χ4v) is 3.28. The monoisotopic (exact) mass is 310 g/mol. The minimum Gasteiger partial charge on any atom is -0.445 e. The van der Waals surface area contributed by atoms with E-state index in [1.54, 1.807) is 0 Å². The summed E-state index contributed by atoms with van der Waals surface area (Å²) in [7, 11) is 0. The summed E-state index contributed by atoms with van der Waals surface area (Å²) in [6.45, 7) is 1.88. The minimum atomic E-state index is -2.78. The Labute approximate surface area is 128 Å². The van der Waals surface area contributed by atoms with Crippen LogP contribution in [0.3, 0.4) is 0 Å². The zero-order chi connectivity index (χ0) is 15.8. The summed E-state index contributed by atoms with van der Waals surface area (Å²) in [5, 5.41) is 2.80. The fraction of sp³-hybridized carbons (Fsp3) is 0.562. The number of alkyl halides is 2. The number of carbonyl (C=O) groups is 1. The van der Waals surface area contributed by atoms with E-state index in [1.165, 1.54) is 4.90 Å². The van der Waals surface area contributed by atoms with Crippen LogP contribution < -0.4 is 5.32 Å². The normalized spacial score (nSPS) is 25.6. The van der Waals surface area contributed by atoms with E-state index in [2.05, 4.69) is 5.32 Å². The number of rotatable bonds is 2. The minimum absolute atomic E-state index is 0.0436. The molecule has 1 aromatic carbocycles. The Morgan fingerprint density at radius 1 is 1.36 bits per heavy atom. The highest BCUT2D eigenvalue weighted by Gasteiger charge is 2.63. The van der Waals surface area contributed by atoms with E-state index in [4.69, 9.17) is 4.74 Å². The second-order valence-electron chi connectivity index (χ2n) is 6.37. The smallest absolute Gasteiger partial charge is 0.410 e. The van der Waals surface area contributed by atoms with Crippen molar-refractivity contribution in [2.45, 2.75) is 31.9 Å². The molecule has 2 heterocycles. The van der Waals surface area contributed by atoms with Crippen molar-refractivity contribution < 1.29 is 18.3 Å². The molecule has 0 aliphatic carbocycles. The molecule has 2 aliphatic heterocycles. The van der Waals surface area contributed by atoms with Crippen LogP contribution in [-0.4, -0.2) is 42.6 Å². The summed E-state index contributed by atoms with van der Waals surface area (Å²) in [6, 6.07) is 9.35. The van der Waals surface area contributed by atoms with Crippen LogP contribution in [0.15, 0.2) is 30.3 Å². The van der Waals surface area contributed by atoms with Crippen LogP contribution in [0.2, 0.25) is 0 Å². The van der Waals surface area contributed by atoms with Gasteiger partial charge in [-0.25, -0.2) is 13.6 Å². The van der Waals surface area contributed by atoms with E-state index >= 15 is 0 Å². The van der Waals surface area contributed by atoms with Crippen LogP contribution in [0.1, 0.15) is 18.9 Å². The Bertz CT molecular complexity index is 544. The average molecular weight is 310 g/mol. The lowest BCUT2D eigenvalue weighted by molar-refractivity contribution is -0.201. The molecule has 1 spiro atoms. The molecule has 1 atom stereocenters. The van der Waals surface area contributed by atoms with Gasteiger partial charge >= 0.3 is 6.09 Å². The molecule has 120 valence electrons. The number of benzene rings is 1. The third-order valence-corrected chi connectivity index (χ3v) is 4.60. The zero-order valence-corrected chi connectivity index (χ0v) is 12.5. The average Bonchev–Trinajstić information content (AvgIpc) is 2.46. The molecule has 4 nitrogen and oxygen atoms in total. The van der Waals surface area contributed by atoms with Crippen molar-refractivity contribution >= 4 is 6.09 Å². The molecule has 3 rings (SSSR count). The van der Waals surface area contributed by atoms with Gasteiger partial charge in [-0.15, -0.1) is 0 Å². The predicted molar refractivity (Wildman–Crippen MR) is 77.7 cm³/mol. The van der Waals surface area contributed by atoms with Gasteiger partial charge in [0.2, 0.25) is 0 Å². The number of hydrogen-bond acceptors (Lipinski definition) is 3. The number of halogens is 2. The number of hydrogen-bond donors (Lipinski definition) is 1. The highest BCUT2D eigenvalue weighted by molar-refractivity contribution is 5.69. The first-order valence-corrected chi connectivity index (χ1v) is 7.49. The van der Waals surface area contributed by atoms with E-state index in [0.717, 1.165) is 5.56 Å². The van der Waals surface area contributed by atoms with Gasteiger partial charge < -0.3 is 15.0 Å². The Morgan fingerprint density at radius 3 is 2.73 bits per heavy atom. The molecular formula is C16H20F2N2O2. The van der Waals surface area contributed by atoms with Gasteiger partial charge in [0.1, 0.15) is 6.61 Å². The molecule has 0 bridgehead atoms. The Hall–Kier alpha value is -1.69. The molecule has 2 fully saturated rings. The van der Waals surface area contributed by atoms with Gasteiger partial charge in [-0.1, -0.05) is 30.3 Å². The van der Waals surface area contributed by atoms with E-state index in [9.17, 15) is 13.6 Å². The van der Waals surface area contributed by atoms with Crippen molar-refractivity contribution in [3.8, 4) is 0 Å². The molecule has 1 aromatic rings. The number of nitrogens with zero attached hydrogens (tertiary/aromatic N) is 1. The molecule has 1 N–H and O–H groups in total. The molecule has 6 heteroatoms. The Morgan fingerprint density at radius 2 is 2.05 bits per heavy atom. The van der Waals surface area contributed by atoms with Crippen molar-refractivity contribution in [1.29, 1.82) is 0 Å². The van der Waals surface area contributed by atoms with Gasteiger partial charge in [0.15, 0.2) is 0 Å². The van der Waals surface area contributed by atoms with Crippen molar-refractivity contribution in [2.75, 3.05) is 19.6 Å². The standard InChI is InChI=1S/C16H20F2N2O2/c1-12-7-15(16(17,18)9-19-12)10-20(11-15)14(21)22-8-13-5-3-2-4-6-13/h2-6,12,19H,7-11H2,1H3. The fourth-order valence-electron chi connectivity index (χ4n) is 3.28. The van der Waals surface area contributed by atoms with Crippen LogP contribution in [0.4, 0.5) is 13.6 Å². The molecule has 0 aromatic heterocycles. The number of nitrogens with one attached hydrogen (secondary N) is 1. The second-order valence-corrected chi connectivity index (χ2v) is 6.37. The van der Waals surface area contributed by atoms with E-state index in [0.29, 0.717) is 6.42 Å². The van der Waals surface area contributed by atoms with Crippen LogP contribution in [0, 0.1) is 5.41 Å². The highest BCUT2D eigenvalue weighted by Crippen LogP contribution is 2.49. The second kappa shape index (κ2) is 5.50. The molecular weight excluding hydrogens is 290 g/mol. The molecule has 1 unspecified atom stereocenters. The third kappa shape index (κ3) is 2.67. The molecule has 22 heavy (non-hydrogen) atoms. The van der Waals surface area contributed by atoms with Gasteiger partial charge in [-0.3, -0.25) is 0 Å². The maximum atomic E-state index is 14.1. The number of carbonyl (C=O) groups excluding carboxylic acids is 1. The van der Waals surface area contributed by atoms with Crippen LogP contribution in [0.5, 0.6) is 0 Å². The lowest BCUT2D eigenvalue weighted by Crippen LogP contribution is -2.71. The SMILES string of the molecule is CC1CC2(CN(C(=O)OCc3ccccc3)C2)C(F)(F)CN1. The van der Waals surface area contributed by atoms with Crippen molar-refractivity contribution in [3.05, 3.63) is 35.9 Å². The summed E-state index contributed by atoms with van der Waals surface area (Å²) in [4.78, 5) is 13.3. The third-order valence-electron chi connectivity index (χ3n) is 4.60. The highest BCUT2D eigenvalue weighted by atomic mass is 19.3. The van der Waals surface area contributed by atoms with E-state index < -0.39 is 17.4 Å². The molecule has 0 radical (unpaired) electrons. The van der Waals surface area contributed by atoms with Gasteiger partial charge in [0, 0.05) is 19.1 Å².